The van der Waals surface area contributed by atoms with Gasteiger partial charge in [0.1, 0.15) is 0 Å². The Morgan fingerprint density at radius 1 is 1.05 bits per heavy atom. The molecule has 116 valence electrons. The molecule has 0 unspecified atom stereocenters. The lowest BCUT2D eigenvalue weighted by atomic mass is 10.1. The van der Waals surface area contributed by atoms with Gasteiger partial charge >= 0.3 is 0 Å². The molecule has 0 aliphatic carbocycles. The van der Waals surface area contributed by atoms with Gasteiger partial charge in [0.15, 0.2) is 0 Å². The van der Waals surface area contributed by atoms with Crippen LogP contribution in [0.4, 0.5) is 0 Å². The van der Waals surface area contributed by atoms with Crippen molar-refractivity contribution in [1.82, 2.24) is 10.2 Å². The molecule has 0 aromatic rings. The third-order valence-corrected chi connectivity index (χ3v) is 3.75. The Balaban J connectivity index is 3.78. The number of ether oxygens (including phenoxy) is 1. The predicted octanol–water partition coefficient (Wildman–Crippen LogP) is 3.15. The minimum Gasteiger partial charge on any atom is -0.383 e. The third kappa shape index (κ3) is 10.3. The van der Waals surface area contributed by atoms with E-state index in [0.29, 0.717) is 6.04 Å². The zero-order valence-electron chi connectivity index (χ0n) is 13.9. The van der Waals surface area contributed by atoms with E-state index in [1.165, 1.54) is 25.7 Å². The van der Waals surface area contributed by atoms with Gasteiger partial charge in [-0.05, 0) is 38.1 Å². The van der Waals surface area contributed by atoms with Crippen molar-refractivity contribution >= 4 is 0 Å². The van der Waals surface area contributed by atoms with Gasteiger partial charge in [-0.15, -0.1) is 0 Å². The smallest absolute Gasteiger partial charge is 0.0589 e. The second-order valence-corrected chi connectivity index (χ2v) is 5.79. The van der Waals surface area contributed by atoms with Crippen molar-refractivity contribution in [3.63, 3.8) is 0 Å². The minimum absolute atomic E-state index is 0.701. The fourth-order valence-electron chi connectivity index (χ4n) is 2.47. The van der Waals surface area contributed by atoms with Crippen molar-refractivity contribution in [3.05, 3.63) is 0 Å². The van der Waals surface area contributed by atoms with Crippen LogP contribution in [0.15, 0.2) is 0 Å². The summed E-state index contributed by atoms with van der Waals surface area (Å²) in [6.07, 6.45) is 5.08. The molecule has 3 nitrogen and oxygen atoms in total. The largest absolute Gasteiger partial charge is 0.383 e. The predicted molar refractivity (Wildman–Crippen MR) is 84.8 cm³/mol. The van der Waals surface area contributed by atoms with Crippen LogP contribution in [0.3, 0.4) is 0 Å². The fourth-order valence-corrected chi connectivity index (χ4v) is 2.47. The summed E-state index contributed by atoms with van der Waals surface area (Å²) in [5.41, 5.74) is 0. The number of methoxy groups -OCH3 is 1. The second kappa shape index (κ2) is 12.9. The van der Waals surface area contributed by atoms with Crippen LogP contribution in [-0.2, 0) is 4.74 Å². The number of rotatable bonds is 13. The number of hydrogen-bond donors (Lipinski definition) is 1. The summed E-state index contributed by atoms with van der Waals surface area (Å²) in [4.78, 5) is 2.57. The number of nitrogens with one attached hydrogen (secondary N) is 1. The molecular weight excluding hydrogens is 236 g/mol. The maximum Gasteiger partial charge on any atom is 0.0589 e. The average Bonchev–Trinajstić information content (AvgIpc) is 2.39. The van der Waals surface area contributed by atoms with E-state index in [4.69, 9.17) is 4.74 Å². The van der Waals surface area contributed by atoms with Crippen LogP contribution < -0.4 is 5.32 Å². The fraction of sp³-hybridized carbons (Fsp3) is 1.00. The van der Waals surface area contributed by atoms with E-state index in [1.807, 2.05) is 0 Å². The number of nitrogens with zero attached hydrogens (tertiary/aromatic N) is 1. The first-order valence-corrected chi connectivity index (χ1v) is 8.09. The van der Waals surface area contributed by atoms with E-state index in [2.05, 4.69) is 37.9 Å². The van der Waals surface area contributed by atoms with E-state index in [1.54, 1.807) is 7.11 Å². The topological polar surface area (TPSA) is 24.5 Å². The van der Waals surface area contributed by atoms with E-state index in [9.17, 15) is 0 Å². The van der Waals surface area contributed by atoms with E-state index in [0.717, 1.165) is 38.7 Å². The highest BCUT2D eigenvalue weighted by atomic mass is 16.5. The van der Waals surface area contributed by atoms with Crippen LogP contribution in [-0.4, -0.2) is 50.8 Å². The van der Waals surface area contributed by atoms with Gasteiger partial charge in [-0.3, -0.25) is 4.90 Å². The van der Waals surface area contributed by atoms with Gasteiger partial charge in [-0.2, -0.15) is 0 Å². The quantitative estimate of drug-likeness (QED) is 0.521. The van der Waals surface area contributed by atoms with Crippen LogP contribution in [0.2, 0.25) is 0 Å². The van der Waals surface area contributed by atoms with E-state index >= 15 is 0 Å². The summed E-state index contributed by atoms with van der Waals surface area (Å²) in [7, 11) is 1.79. The molecule has 0 heterocycles. The van der Waals surface area contributed by atoms with Gasteiger partial charge in [0.05, 0.1) is 6.61 Å². The highest BCUT2D eigenvalue weighted by Gasteiger charge is 2.13. The Labute approximate surface area is 121 Å². The molecule has 1 N–H and O–H groups in total. The first kappa shape index (κ1) is 18.9. The zero-order chi connectivity index (χ0) is 14.5. The van der Waals surface area contributed by atoms with E-state index in [-0.39, 0.29) is 0 Å². The lowest BCUT2D eigenvalue weighted by molar-refractivity contribution is 0.116. The molecule has 0 radical (unpaired) electrons. The molecule has 0 bridgehead atoms. The molecule has 0 aromatic heterocycles. The molecule has 0 rings (SSSR count). The van der Waals surface area contributed by atoms with Crippen LogP contribution >= 0.6 is 0 Å². The number of hydrogen-bond acceptors (Lipinski definition) is 3. The van der Waals surface area contributed by atoms with Crippen LogP contribution in [0.1, 0.15) is 53.4 Å². The highest BCUT2D eigenvalue weighted by molar-refractivity contribution is 4.70. The Morgan fingerprint density at radius 3 is 2.26 bits per heavy atom. The average molecular weight is 272 g/mol. The molecule has 0 fully saturated rings. The molecular formula is C16H36N2O. The summed E-state index contributed by atoms with van der Waals surface area (Å²) < 4.78 is 5.22. The minimum atomic E-state index is 0.701. The second-order valence-electron chi connectivity index (χ2n) is 5.79. The Hall–Kier alpha value is -0.120. The van der Waals surface area contributed by atoms with Crippen LogP contribution in [0.5, 0.6) is 0 Å². The Kier molecular flexibility index (Phi) is 12.8. The molecule has 0 amide bonds. The SMILES string of the molecule is CCC(CC)N(CCNCCCC(C)C)CCOC. The lowest BCUT2D eigenvalue weighted by Crippen LogP contribution is -2.41. The molecule has 0 saturated carbocycles. The molecule has 0 aliphatic rings. The van der Waals surface area contributed by atoms with Crippen molar-refractivity contribution in [2.45, 2.75) is 59.4 Å². The molecule has 0 saturated heterocycles. The molecule has 0 aliphatic heterocycles. The van der Waals surface area contributed by atoms with Crippen molar-refractivity contribution in [1.29, 1.82) is 0 Å². The van der Waals surface area contributed by atoms with Gasteiger partial charge in [0, 0.05) is 32.8 Å². The summed E-state index contributed by atoms with van der Waals surface area (Å²) in [5, 5.41) is 3.57. The van der Waals surface area contributed by atoms with Crippen LogP contribution in [0.25, 0.3) is 0 Å². The summed E-state index contributed by atoms with van der Waals surface area (Å²) in [6, 6.07) is 0.701. The van der Waals surface area contributed by atoms with Crippen LogP contribution in [0, 0.1) is 5.92 Å². The maximum absolute atomic E-state index is 5.22. The van der Waals surface area contributed by atoms with Crippen molar-refractivity contribution in [3.8, 4) is 0 Å². The van der Waals surface area contributed by atoms with Crippen molar-refractivity contribution in [2.24, 2.45) is 5.92 Å². The first-order chi connectivity index (χ1) is 9.15. The maximum atomic E-state index is 5.22. The lowest BCUT2D eigenvalue weighted by Gasteiger charge is -2.30. The summed E-state index contributed by atoms with van der Waals surface area (Å²) in [5.74, 6) is 0.824. The normalized spacial score (nSPS) is 12.0. The molecule has 3 heteroatoms. The van der Waals surface area contributed by atoms with Gasteiger partial charge in [-0.1, -0.05) is 27.7 Å². The molecule has 0 atom stereocenters. The van der Waals surface area contributed by atoms with E-state index < -0.39 is 0 Å². The molecule has 0 spiro atoms. The first-order valence-electron chi connectivity index (χ1n) is 8.09. The van der Waals surface area contributed by atoms with Gasteiger partial charge in [0.25, 0.3) is 0 Å². The van der Waals surface area contributed by atoms with Gasteiger partial charge in [-0.25, -0.2) is 0 Å². The third-order valence-electron chi connectivity index (χ3n) is 3.75. The van der Waals surface area contributed by atoms with Crippen molar-refractivity contribution in [2.75, 3.05) is 39.9 Å². The van der Waals surface area contributed by atoms with Gasteiger partial charge < -0.3 is 10.1 Å². The summed E-state index contributed by atoms with van der Waals surface area (Å²) in [6.45, 7) is 14.4. The molecule has 19 heavy (non-hydrogen) atoms. The Bertz CT molecular complexity index is 182. The zero-order valence-corrected chi connectivity index (χ0v) is 13.9. The Morgan fingerprint density at radius 2 is 1.74 bits per heavy atom. The standard InChI is InChI=1S/C16H36N2O/c1-6-16(7-2)18(13-14-19-5)12-11-17-10-8-9-15(3)4/h15-17H,6-14H2,1-5H3. The van der Waals surface area contributed by atoms with Crippen molar-refractivity contribution < 1.29 is 4.74 Å². The monoisotopic (exact) mass is 272 g/mol. The summed E-state index contributed by atoms with van der Waals surface area (Å²) >= 11 is 0. The van der Waals surface area contributed by atoms with Gasteiger partial charge in [0.2, 0.25) is 0 Å². The highest BCUT2D eigenvalue weighted by Crippen LogP contribution is 2.07. The molecule has 0 aromatic carbocycles.